The third-order valence-electron chi connectivity index (χ3n) is 5.41. The van der Waals surface area contributed by atoms with Gasteiger partial charge in [0, 0.05) is 69.6 Å². The monoisotopic (exact) mass is 522 g/mol. The molecular formula is C20H32ClIN4O2. The summed E-state index contributed by atoms with van der Waals surface area (Å²) in [6.07, 6.45) is 2.84. The maximum atomic E-state index is 6.13. The van der Waals surface area contributed by atoms with Crippen LogP contribution in [0.2, 0.25) is 5.02 Å². The van der Waals surface area contributed by atoms with Crippen LogP contribution < -0.4 is 15.5 Å². The van der Waals surface area contributed by atoms with E-state index in [1.165, 1.54) is 5.69 Å². The molecule has 0 saturated carbocycles. The molecule has 0 radical (unpaired) electrons. The maximum absolute atomic E-state index is 6.13. The highest BCUT2D eigenvalue weighted by Crippen LogP contribution is 2.25. The Bertz CT molecular complexity index is 640. The number of hydrogen-bond acceptors (Lipinski definition) is 4. The Morgan fingerprint density at radius 2 is 2.18 bits per heavy atom. The van der Waals surface area contributed by atoms with Gasteiger partial charge in [-0.2, -0.15) is 0 Å². The number of benzene rings is 1. The van der Waals surface area contributed by atoms with E-state index < -0.39 is 0 Å². The van der Waals surface area contributed by atoms with Crippen LogP contribution in [-0.4, -0.2) is 64.1 Å². The SMILES string of the molecule is CCNC(=NCC1(OC)CCOCC1)NC1CCN(c2cccc(Cl)c2)C1.I. The Morgan fingerprint density at radius 1 is 1.39 bits per heavy atom. The molecule has 2 saturated heterocycles. The highest BCUT2D eigenvalue weighted by atomic mass is 127. The van der Waals surface area contributed by atoms with Crippen LogP contribution in [0.4, 0.5) is 5.69 Å². The van der Waals surface area contributed by atoms with Crippen LogP contribution >= 0.6 is 35.6 Å². The minimum absolute atomic E-state index is 0. The number of methoxy groups -OCH3 is 1. The Hall–Kier alpha value is -0.770. The summed E-state index contributed by atoms with van der Waals surface area (Å²) in [5, 5.41) is 7.73. The lowest BCUT2D eigenvalue weighted by atomic mass is 9.94. The number of halogens is 2. The van der Waals surface area contributed by atoms with Gasteiger partial charge in [-0.1, -0.05) is 17.7 Å². The number of rotatable bonds is 6. The second-order valence-electron chi connectivity index (χ2n) is 7.25. The number of hydrogen-bond donors (Lipinski definition) is 2. The lowest BCUT2D eigenvalue weighted by Gasteiger charge is -2.34. The average molecular weight is 523 g/mol. The maximum Gasteiger partial charge on any atom is 0.191 e. The Morgan fingerprint density at radius 3 is 2.86 bits per heavy atom. The fourth-order valence-electron chi connectivity index (χ4n) is 3.69. The molecule has 0 aromatic heterocycles. The predicted molar refractivity (Wildman–Crippen MR) is 126 cm³/mol. The summed E-state index contributed by atoms with van der Waals surface area (Å²) in [7, 11) is 1.78. The van der Waals surface area contributed by atoms with Crippen LogP contribution in [0.25, 0.3) is 0 Å². The van der Waals surface area contributed by atoms with E-state index in [1.54, 1.807) is 7.11 Å². The number of nitrogens with one attached hydrogen (secondary N) is 2. The zero-order valence-corrected chi connectivity index (χ0v) is 19.8. The van der Waals surface area contributed by atoms with E-state index in [4.69, 9.17) is 26.1 Å². The van der Waals surface area contributed by atoms with E-state index in [-0.39, 0.29) is 29.6 Å². The largest absolute Gasteiger partial charge is 0.381 e. The predicted octanol–water partition coefficient (Wildman–Crippen LogP) is 3.29. The van der Waals surface area contributed by atoms with E-state index in [1.807, 2.05) is 18.2 Å². The number of nitrogens with zero attached hydrogens (tertiary/aromatic N) is 2. The summed E-state index contributed by atoms with van der Waals surface area (Å²) in [5.41, 5.74) is 0.970. The highest BCUT2D eigenvalue weighted by molar-refractivity contribution is 14.0. The topological polar surface area (TPSA) is 58.1 Å². The van der Waals surface area contributed by atoms with Crippen LogP contribution in [0.15, 0.2) is 29.3 Å². The minimum Gasteiger partial charge on any atom is -0.381 e. The smallest absolute Gasteiger partial charge is 0.191 e. The van der Waals surface area contributed by atoms with E-state index in [0.717, 1.165) is 63.1 Å². The summed E-state index contributed by atoms with van der Waals surface area (Å²) in [5.74, 6) is 0.860. The fraction of sp³-hybridized carbons (Fsp3) is 0.650. The standard InChI is InChI=1S/C20H31ClN4O2.HI/c1-3-22-19(23-15-20(26-2)8-11-27-12-9-20)24-17-7-10-25(14-17)18-6-4-5-16(21)13-18;/h4-6,13,17H,3,7-12,14-15H2,1-2H3,(H2,22,23,24);1H. The van der Waals surface area contributed by atoms with Crippen molar-refractivity contribution in [2.45, 2.75) is 37.8 Å². The summed E-state index contributed by atoms with van der Waals surface area (Å²) < 4.78 is 11.3. The molecule has 0 spiro atoms. The third-order valence-corrected chi connectivity index (χ3v) is 5.64. The fourth-order valence-corrected chi connectivity index (χ4v) is 3.88. The first kappa shape index (κ1) is 23.5. The van der Waals surface area contributed by atoms with Gasteiger partial charge < -0.3 is 25.0 Å². The molecule has 0 amide bonds. The van der Waals surface area contributed by atoms with Crippen LogP contribution in [0.5, 0.6) is 0 Å². The molecule has 1 atom stereocenters. The van der Waals surface area contributed by atoms with Crippen molar-refractivity contribution < 1.29 is 9.47 Å². The molecule has 3 rings (SSSR count). The molecule has 0 aliphatic carbocycles. The zero-order valence-electron chi connectivity index (χ0n) is 16.7. The second kappa shape index (κ2) is 11.4. The van der Waals surface area contributed by atoms with Crippen molar-refractivity contribution in [1.82, 2.24) is 10.6 Å². The van der Waals surface area contributed by atoms with Gasteiger partial charge in [-0.15, -0.1) is 24.0 Å². The Kier molecular flexibility index (Phi) is 9.59. The van der Waals surface area contributed by atoms with Gasteiger partial charge in [-0.05, 0) is 31.5 Å². The number of aliphatic imine (C=N–C) groups is 1. The zero-order chi connectivity index (χ0) is 19.1. The minimum atomic E-state index is -0.205. The molecule has 2 N–H and O–H groups in total. The molecule has 158 valence electrons. The van der Waals surface area contributed by atoms with Crippen LogP contribution in [0.1, 0.15) is 26.2 Å². The van der Waals surface area contributed by atoms with Gasteiger partial charge in [0.05, 0.1) is 12.1 Å². The Balaban J connectivity index is 0.00000280. The van der Waals surface area contributed by atoms with Crippen LogP contribution in [-0.2, 0) is 9.47 Å². The van der Waals surface area contributed by atoms with Gasteiger partial charge in [0.25, 0.3) is 0 Å². The van der Waals surface area contributed by atoms with E-state index in [9.17, 15) is 0 Å². The van der Waals surface area contributed by atoms with E-state index in [2.05, 4.69) is 28.5 Å². The molecule has 2 aliphatic heterocycles. The molecule has 2 aliphatic rings. The van der Waals surface area contributed by atoms with Crippen molar-refractivity contribution in [3.63, 3.8) is 0 Å². The second-order valence-corrected chi connectivity index (χ2v) is 7.69. The summed E-state index contributed by atoms with van der Waals surface area (Å²) in [6.45, 7) is 7.00. The molecule has 1 aromatic rings. The summed E-state index contributed by atoms with van der Waals surface area (Å²) in [4.78, 5) is 7.19. The third kappa shape index (κ3) is 6.37. The molecule has 0 bridgehead atoms. The molecule has 8 heteroatoms. The van der Waals surface area contributed by atoms with Gasteiger partial charge in [0.1, 0.15) is 0 Å². The van der Waals surface area contributed by atoms with Gasteiger partial charge in [-0.25, -0.2) is 0 Å². The Labute approximate surface area is 190 Å². The van der Waals surface area contributed by atoms with Gasteiger partial charge in [-0.3, -0.25) is 4.99 Å². The average Bonchev–Trinajstić information content (AvgIpc) is 3.16. The van der Waals surface area contributed by atoms with Crippen molar-refractivity contribution in [2.24, 2.45) is 4.99 Å². The molecule has 1 unspecified atom stereocenters. The van der Waals surface area contributed by atoms with Crippen LogP contribution in [0, 0.1) is 0 Å². The quantitative estimate of drug-likeness (QED) is 0.341. The van der Waals surface area contributed by atoms with Crippen molar-refractivity contribution >= 4 is 47.2 Å². The van der Waals surface area contributed by atoms with Crippen molar-refractivity contribution in [2.75, 3.05) is 51.4 Å². The lowest BCUT2D eigenvalue weighted by molar-refractivity contribution is -0.0828. The number of anilines is 1. The van der Waals surface area contributed by atoms with E-state index in [0.29, 0.717) is 12.6 Å². The van der Waals surface area contributed by atoms with Crippen molar-refractivity contribution in [1.29, 1.82) is 0 Å². The van der Waals surface area contributed by atoms with Crippen molar-refractivity contribution in [3.05, 3.63) is 29.3 Å². The molecule has 28 heavy (non-hydrogen) atoms. The van der Waals surface area contributed by atoms with Crippen molar-refractivity contribution in [3.8, 4) is 0 Å². The lowest BCUT2D eigenvalue weighted by Crippen LogP contribution is -2.47. The molecule has 1 aromatic carbocycles. The molecule has 2 heterocycles. The first-order chi connectivity index (χ1) is 13.1. The normalized spacial score (nSPS) is 21.9. The van der Waals surface area contributed by atoms with Gasteiger partial charge in [0.15, 0.2) is 5.96 Å². The number of guanidine groups is 1. The summed E-state index contributed by atoms with van der Waals surface area (Å²) in [6, 6.07) is 8.41. The van der Waals surface area contributed by atoms with Gasteiger partial charge in [0.2, 0.25) is 0 Å². The van der Waals surface area contributed by atoms with Crippen LogP contribution in [0.3, 0.4) is 0 Å². The molecular weight excluding hydrogens is 491 g/mol. The first-order valence-electron chi connectivity index (χ1n) is 9.82. The van der Waals surface area contributed by atoms with Gasteiger partial charge >= 0.3 is 0 Å². The van der Waals surface area contributed by atoms with E-state index >= 15 is 0 Å². The highest BCUT2D eigenvalue weighted by Gasteiger charge is 2.32. The number of ether oxygens (including phenoxy) is 2. The first-order valence-corrected chi connectivity index (χ1v) is 10.2. The molecule has 6 nitrogen and oxygen atoms in total. The molecule has 2 fully saturated rings. The summed E-state index contributed by atoms with van der Waals surface area (Å²) >= 11 is 6.13.